The standard InChI is InChI=1S/C12H15BrN2OS/c13-8-1-4-11(10(7-8)12(14)17)15(5-6-16)9-2-3-9/h1,4,7,9,16H,2-3,5-6H2,(H2,14,17). The molecule has 1 saturated carbocycles. The predicted octanol–water partition coefficient (Wildman–Crippen LogP) is 2.04. The molecule has 0 bridgehead atoms. The van der Waals surface area contributed by atoms with Gasteiger partial charge in [-0.1, -0.05) is 28.1 Å². The molecule has 1 fully saturated rings. The van der Waals surface area contributed by atoms with E-state index in [9.17, 15) is 0 Å². The van der Waals surface area contributed by atoms with Gasteiger partial charge in [0.15, 0.2) is 0 Å². The normalized spacial score (nSPS) is 14.7. The van der Waals surface area contributed by atoms with Gasteiger partial charge in [0.25, 0.3) is 0 Å². The third kappa shape index (κ3) is 2.97. The van der Waals surface area contributed by atoms with Crippen LogP contribution in [0.25, 0.3) is 0 Å². The summed E-state index contributed by atoms with van der Waals surface area (Å²) in [5.41, 5.74) is 7.65. The van der Waals surface area contributed by atoms with Gasteiger partial charge in [-0.25, -0.2) is 0 Å². The summed E-state index contributed by atoms with van der Waals surface area (Å²) in [6, 6.07) is 6.44. The minimum absolute atomic E-state index is 0.142. The average molecular weight is 315 g/mol. The van der Waals surface area contributed by atoms with Crippen molar-refractivity contribution in [2.24, 2.45) is 5.73 Å². The second-order valence-electron chi connectivity index (χ2n) is 4.17. The third-order valence-electron chi connectivity index (χ3n) is 2.86. The first-order valence-electron chi connectivity index (χ1n) is 5.60. The smallest absolute Gasteiger partial charge is 0.106 e. The van der Waals surface area contributed by atoms with Gasteiger partial charge in [0, 0.05) is 28.3 Å². The Morgan fingerprint density at radius 3 is 2.76 bits per heavy atom. The molecule has 0 aromatic heterocycles. The van der Waals surface area contributed by atoms with Gasteiger partial charge in [-0.05, 0) is 31.0 Å². The molecule has 0 radical (unpaired) electrons. The number of rotatable bonds is 5. The van der Waals surface area contributed by atoms with Crippen molar-refractivity contribution in [3.05, 3.63) is 28.2 Å². The number of halogens is 1. The SMILES string of the molecule is NC(=S)c1cc(Br)ccc1N(CCO)C1CC1. The van der Waals surface area contributed by atoms with E-state index in [1.165, 1.54) is 12.8 Å². The minimum Gasteiger partial charge on any atom is -0.395 e. The number of aliphatic hydroxyl groups is 1. The molecule has 1 aromatic rings. The van der Waals surface area contributed by atoms with E-state index >= 15 is 0 Å². The molecule has 0 spiro atoms. The molecule has 3 N–H and O–H groups in total. The van der Waals surface area contributed by atoms with E-state index in [0.29, 0.717) is 17.6 Å². The summed E-state index contributed by atoms with van der Waals surface area (Å²) in [6.07, 6.45) is 2.35. The Kier molecular flexibility index (Phi) is 4.01. The highest BCUT2D eigenvalue weighted by Gasteiger charge is 2.30. The van der Waals surface area contributed by atoms with Crippen molar-refractivity contribution < 1.29 is 5.11 Å². The first-order valence-corrected chi connectivity index (χ1v) is 6.80. The largest absolute Gasteiger partial charge is 0.395 e. The summed E-state index contributed by atoms with van der Waals surface area (Å²) in [7, 11) is 0. The summed E-state index contributed by atoms with van der Waals surface area (Å²) in [6.45, 7) is 0.769. The van der Waals surface area contributed by atoms with Crippen LogP contribution in [0.1, 0.15) is 18.4 Å². The molecular formula is C12H15BrN2OS. The van der Waals surface area contributed by atoms with Crippen LogP contribution in [0.3, 0.4) is 0 Å². The van der Waals surface area contributed by atoms with Crippen LogP contribution >= 0.6 is 28.1 Å². The lowest BCUT2D eigenvalue weighted by Gasteiger charge is -2.26. The zero-order valence-electron chi connectivity index (χ0n) is 9.40. The van der Waals surface area contributed by atoms with Gasteiger partial charge in [0.05, 0.1) is 6.61 Å². The zero-order valence-corrected chi connectivity index (χ0v) is 11.8. The van der Waals surface area contributed by atoms with E-state index in [2.05, 4.69) is 20.8 Å². The highest BCUT2D eigenvalue weighted by Crippen LogP contribution is 2.34. The van der Waals surface area contributed by atoms with Gasteiger partial charge in [0.2, 0.25) is 0 Å². The van der Waals surface area contributed by atoms with Gasteiger partial charge in [-0.15, -0.1) is 0 Å². The van der Waals surface area contributed by atoms with Gasteiger partial charge in [-0.3, -0.25) is 0 Å². The molecule has 1 aliphatic rings. The molecule has 1 aliphatic carbocycles. The van der Waals surface area contributed by atoms with Crippen LogP contribution in [0.5, 0.6) is 0 Å². The molecule has 0 heterocycles. The maximum absolute atomic E-state index is 9.14. The van der Waals surface area contributed by atoms with Gasteiger partial charge in [-0.2, -0.15) is 0 Å². The average Bonchev–Trinajstić information content (AvgIpc) is 3.10. The predicted molar refractivity (Wildman–Crippen MR) is 77.5 cm³/mol. The van der Waals surface area contributed by atoms with Crippen LogP contribution < -0.4 is 10.6 Å². The van der Waals surface area contributed by atoms with E-state index in [4.69, 9.17) is 23.1 Å². The van der Waals surface area contributed by atoms with E-state index in [0.717, 1.165) is 15.7 Å². The molecule has 1 aromatic carbocycles. The monoisotopic (exact) mass is 314 g/mol. The molecule has 3 nitrogen and oxygen atoms in total. The topological polar surface area (TPSA) is 49.5 Å². The maximum atomic E-state index is 9.14. The fourth-order valence-corrected chi connectivity index (χ4v) is 2.47. The van der Waals surface area contributed by atoms with Crippen molar-refractivity contribution in [2.75, 3.05) is 18.1 Å². The van der Waals surface area contributed by atoms with Crippen molar-refractivity contribution in [1.29, 1.82) is 0 Å². The molecule has 17 heavy (non-hydrogen) atoms. The van der Waals surface area contributed by atoms with Crippen molar-refractivity contribution in [3.63, 3.8) is 0 Å². The van der Waals surface area contributed by atoms with Gasteiger partial charge < -0.3 is 15.7 Å². The number of nitrogens with two attached hydrogens (primary N) is 1. The van der Waals surface area contributed by atoms with E-state index in [-0.39, 0.29) is 6.61 Å². The first kappa shape index (κ1) is 12.8. The molecule has 0 aliphatic heterocycles. The Hall–Kier alpha value is -0.650. The lowest BCUT2D eigenvalue weighted by Crippen LogP contribution is -2.31. The second-order valence-corrected chi connectivity index (χ2v) is 5.53. The lowest BCUT2D eigenvalue weighted by molar-refractivity contribution is 0.301. The zero-order chi connectivity index (χ0) is 12.4. The van der Waals surface area contributed by atoms with Gasteiger partial charge >= 0.3 is 0 Å². The number of aliphatic hydroxyl groups excluding tert-OH is 1. The fourth-order valence-electron chi connectivity index (χ4n) is 1.95. The number of benzene rings is 1. The highest BCUT2D eigenvalue weighted by atomic mass is 79.9. The van der Waals surface area contributed by atoms with Crippen LogP contribution in [0.4, 0.5) is 5.69 Å². The molecular weight excluding hydrogens is 300 g/mol. The summed E-state index contributed by atoms with van der Waals surface area (Å²) in [4.78, 5) is 2.59. The Bertz CT molecular complexity index is 435. The minimum atomic E-state index is 0.142. The van der Waals surface area contributed by atoms with Crippen LogP contribution in [0, 0.1) is 0 Å². The Labute approximate surface area is 115 Å². The van der Waals surface area contributed by atoms with Gasteiger partial charge in [0.1, 0.15) is 4.99 Å². The number of anilines is 1. The summed E-state index contributed by atoms with van der Waals surface area (Å²) < 4.78 is 0.962. The summed E-state index contributed by atoms with van der Waals surface area (Å²) >= 11 is 8.51. The van der Waals surface area contributed by atoms with E-state index in [1.54, 1.807) is 0 Å². The van der Waals surface area contributed by atoms with E-state index < -0.39 is 0 Å². The van der Waals surface area contributed by atoms with Crippen LogP contribution in [0.15, 0.2) is 22.7 Å². The summed E-state index contributed by atoms with van der Waals surface area (Å²) in [5, 5.41) is 9.14. The van der Waals surface area contributed by atoms with Crippen molar-refractivity contribution in [1.82, 2.24) is 0 Å². The molecule has 92 valence electrons. The van der Waals surface area contributed by atoms with Crippen LogP contribution in [-0.2, 0) is 0 Å². The Morgan fingerprint density at radius 2 is 2.24 bits per heavy atom. The second kappa shape index (κ2) is 5.33. The molecule has 0 saturated heterocycles. The number of hydrogen-bond donors (Lipinski definition) is 2. The number of hydrogen-bond acceptors (Lipinski definition) is 3. The quantitative estimate of drug-likeness (QED) is 0.817. The molecule has 0 atom stereocenters. The van der Waals surface area contributed by atoms with E-state index in [1.807, 2.05) is 18.2 Å². The molecule has 5 heteroatoms. The van der Waals surface area contributed by atoms with Crippen molar-refractivity contribution in [3.8, 4) is 0 Å². The van der Waals surface area contributed by atoms with Crippen LogP contribution in [-0.4, -0.2) is 29.3 Å². The third-order valence-corrected chi connectivity index (χ3v) is 3.58. The maximum Gasteiger partial charge on any atom is 0.106 e. The first-order chi connectivity index (χ1) is 8.13. The summed E-state index contributed by atoms with van der Waals surface area (Å²) in [5.74, 6) is 0. The number of nitrogens with zero attached hydrogens (tertiary/aromatic N) is 1. The van der Waals surface area contributed by atoms with Crippen LogP contribution in [0.2, 0.25) is 0 Å². The Balaban J connectivity index is 2.37. The lowest BCUT2D eigenvalue weighted by atomic mass is 10.1. The van der Waals surface area contributed by atoms with Crippen molar-refractivity contribution >= 4 is 38.8 Å². The number of thiocarbonyl (C=S) groups is 1. The fraction of sp³-hybridized carbons (Fsp3) is 0.417. The Morgan fingerprint density at radius 1 is 1.53 bits per heavy atom. The molecule has 2 rings (SSSR count). The molecule has 0 unspecified atom stereocenters. The van der Waals surface area contributed by atoms with Crippen molar-refractivity contribution in [2.45, 2.75) is 18.9 Å². The highest BCUT2D eigenvalue weighted by molar-refractivity contribution is 9.10. The molecule has 0 amide bonds.